The number of nitrogens with zero attached hydrogens (tertiary/aromatic N) is 3. The quantitative estimate of drug-likeness (QED) is 0.576. The van der Waals surface area contributed by atoms with Gasteiger partial charge in [0, 0.05) is 39.5 Å². The Hall–Kier alpha value is -2.45. The number of hydrogen-bond donors (Lipinski definition) is 1. The summed E-state index contributed by atoms with van der Waals surface area (Å²) < 4.78 is 19.5. The minimum absolute atomic E-state index is 0.0737. The molecule has 0 aliphatic carbocycles. The Bertz CT molecular complexity index is 817. The third-order valence-electron chi connectivity index (χ3n) is 3.87. The van der Waals surface area contributed by atoms with Gasteiger partial charge in [-0.1, -0.05) is 11.6 Å². The van der Waals surface area contributed by atoms with Gasteiger partial charge >= 0.3 is 5.69 Å². The lowest BCUT2D eigenvalue weighted by Gasteiger charge is -2.16. The molecule has 0 saturated carbocycles. The van der Waals surface area contributed by atoms with Crippen molar-refractivity contribution in [3.05, 3.63) is 45.4 Å². The molecule has 0 aliphatic heterocycles. The van der Waals surface area contributed by atoms with Gasteiger partial charge < -0.3 is 15.0 Å². The molecule has 1 aromatic carbocycles. The second-order valence-corrected chi connectivity index (χ2v) is 6.33. The molecule has 0 bridgehead atoms. The number of aromatic nitrogens is 1. The van der Waals surface area contributed by atoms with Gasteiger partial charge in [-0.3, -0.25) is 10.1 Å². The number of rotatable bonds is 7. The van der Waals surface area contributed by atoms with Gasteiger partial charge in [-0.05, 0) is 25.1 Å². The molecule has 0 aliphatic rings. The second-order valence-electron chi connectivity index (χ2n) is 5.92. The normalized spacial score (nSPS) is 11.9. The number of halogens is 2. The predicted molar refractivity (Wildman–Crippen MR) is 101 cm³/mol. The average molecular weight is 383 g/mol. The van der Waals surface area contributed by atoms with E-state index < -0.39 is 10.7 Å². The predicted octanol–water partition coefficient (Wildman–Crippen LogP) is 3.96. The standard InChI is InChI=1S/C17H20ClFN4O3/c1-10(26-4)9-21-17-16(23(24)25)11(5-6-20-17)12-7-14(19)15(22(2)3)8-13(12)18/h5-8,10H,9H2,1-4H3,(H,20,21). The van der Waals surface area contributed by atoms with Gasteiger partial charge in [0.25, 0.3) is 0 Å². The van der Waals surface area contributed by atoms with Crippen LogP contribution in [-0.4, -0.2) is 43.8 Å². The van der Waals surface area contributed by atoms with E-state index in [1.54, 1.807) is 26.1 Å². The van der Waals surface area contributed by atoms with Crippen LogP contribution in [0.3, 0.4) is 0 Å². The summed E-state index contributed by atoms with van der Waals surface area (Å²) in [7, 11) is 4.91. The molecule has 7 nitrogen and oxygen atoms in total. The summed E-state index contributed by atoms with van der Waals surface area (Å²) in [6.07, 6.45) is 1.25. The zero-order chi connectivity index (χ0) is 19.4. The maximum Gasteiger partial charge on any atom is 0.319 e. The van der Waals surface area contributed by atoms with Crippen molar-refractivity contribution >= 4 is 28.8 Å². The van der Waals surface area contributed by atoms with Gasteiger partial charge in [0.05, 0.1) is 27.3 Å². The molecule has 9 heteroatoms. The van der Waals surface area contributed by atoms with Crippen molar-refractivity contribution in [2.45, 2.75) is 13.0 Å². The first kappa shape index (κ1) is 19.9. The Kier molecular flexibility index (Phi) is 6.33. The fourth-order valence-corrected chi connectivity index (χ4v) is 2.65. The molecule has 2 aromatic rings. The molecule has 0 saturated heterocycles. The zero-order valence-corrected chi connectivity index (χ0v) is 15.7. The third-order valence-corrected chi connectivity index (χ3v) is 4.19. The molecule has 140 valence electrons. The minimum atomic E-state index is -0.559. The van der Waals surface area contributed by atoms with Crippen LogP contribution in [0.15, 0.2) is 24.4 Å². The minimum Gasteiger partial charge on any atom is -0.380 e. The summed E-state index contributed by atoms with van der Waals surface area (Å²) in [5.41, 5.74) is 0.441. The summed E-state index contributed by atoms with van der Waals surface area (Å²) in [6.45, 7) is 2.14. The van der Waals surface area contributed by atoms with Crippen LogP contribution in [0.2, 0.25) is 5.02 Å². The van der Waals surface area contributed by atoms with Crippen molar-refractivity contribution in [1.29, 1.82) is 0 Å². The highest BCUT2D eigenvalue weighted by Gasteiger charge is 2.25. The summed E-state index contributed by atoms with van der Waals surface area (Å²) in [6, 6.07) is 4.08. The zero-order valence-electron chi connectivity index (χ0n) is 14.9. The Morgan fingerprint density at radius 3 is 2.69 bits per heavy atom. The monoisotopic (exact) mass is 382 g/mol. The molecular weight excluding hydrogens is 363 g/mol. The van der Waals surface area contributed by atoms with Gasteiger partial charge in [-0.15, -0.1) is 0 Å². The molecular formula is C17H20ClFN4O3. The van der Waals surface area contributed by atoms with Crippen LogP contribution in [0.5, 0.6) is 0 Å². The van der Waals surface area contributed by atoms with Crippen LogP contribution in [0, 0.1) is 15.9 Å². The molecule has 1 N–H and O–H groups in total. The van der Waals surface area contributed by atoms with Crippen molar-refractivity contribution in [3.63, 3.8) is 0 Å². The van der Waals surface area contributed by atoms with Gasteiger partial charge in [0.15, 0.2) is 0 Å². The molecule has 0 fully saturated rings. The first-order valence-corrected chi connectivity index (χ1v) is 8.20. The third kappa shape index (κ3) is 4.20. The van der Waals surface area contributed by atoms with E-state index in [9.17, 15) is 14.5 Å². The Morgan fingerprint density at radius 1 is 1.42 bits per heavy atom. The summed E-state index contributed by atoms with van der Waals surface area (Å²) in [5, 5.41) is 14.8. The van der Waals surface area contributed by atoms with Crippen molar-refractivity contribution < 1.29 is 14.1 Å². The van der Waals surface area contributed by atoms with Crippen molar-refractivity contribution in [1.82, 2.24) is 4.98 Å². The molecule has 2 rings (SSSR count). The highest BCUT2D eigenvalue weighted by Crippen LogP contribution is 2.40. The number of anilines is 2. The number of pyridine rings is 1. The summed E-state index contributed by atoms with van der Waals surface area (Å²) in [4.78, 5) is 16.7. The first-order chi connectivity index (χ1) is 12.3. The van der Waals surface area contributed by atoms with Gasteiger partial charge in [-0.2, -0.15) is 0 Å². The van der Waals surface area contributed by atoms with E-state index in [4.69, 9.17) is 16.3 Å². The maximum atomic E-state index is 14.4. The van der Waals surface area contributed by atoms with E-state index in [1.807, 2.05) is 6.92 Å². The largest absolute Gasteiger partial charge is 0.380 e. The Morgan fingerprint density at radius 2 is 2.12 bits per heavy atom. The fourth-order valence-electron chi connectivity index (χ4n) is 2.39. The fraction of sp³-hybridized carbons (Fsp3) is 0.353. The van der Waals surface area contributed by atoms with E-state index in [2.05, 4.69) is 10.3 Å². The molecule has 26 heavy (non-hydrogen) atoms. The molecule has 0 amide bonds. The Balaban J connectivity index is 2.56. The van der Waals surface area contributed by atoms with Gasteiger partial charge in [-0.25, -0.2) is 9.37 Å². The number of nitrogens with one attached hydrogen (secondary N) is 1. The van der Waals surface area contributed by atoms with E-state index in [0.29, 0.717) is 12.2 Å². The van der Waals surface area contributed by atoms with Gasteiger partial charge in [0.2, 0.25) is 5.82 Å². The van der Waals surface area contributed by atoms with Crippen LogP contribution in [0.4, 0.5) is 21.6 Å². The van der Waals surface area contributed by atoms with Crippen LogP contribution in [-0.2, 0) is 4.74 Å². The maximum absolute atomic E-state index is 14.4. The molecule has 0 radical (unpaired) electrons. The van der Waals surface area contributed by atoms with E-state index in [-0.39, 0.29) is 33.8 Å². The number of benzene rings is 1. The van der Waals surface area contributed by atoms with Crippen LogP contribution in [0.25, 0.3) is 11.1 Å². The Labute approximate surface area is 155 Å². The smallest absolute Gasteiger partial charge is 0.319 e. The van der Waals surface area contributed by atoms with Crippen molar-refractivity contribution in [3.8, 4) is 11.1 Å². The van der Waals surface area contributed by atoms with Crippen molar-refractivity contribution in [2.24, 2.45) is 0 Å². The van der Waals surface area contributed by atoms with E-state index >= 15 is 0 Å². The number of ether oxygens (including phenoxy) is 1. The van der Waals surface area contributed by atoms with Crippen LogP contribution < -0.4 is 10.2 Å². The topological polar surface area (TPSA) is 80.5 Å². The lowest BCUT2D eigenvalue weighted by molar-refractivity contribution is -0.383. The van der Waals surface area contributed by atoms with E-state index in [1.165, 1.54) is 24.4 Å². The number of methoxy groups -OCH3 is 1. The highest BCUT2D eigenvalue weighted by atomic mass is 35.5. The molecule has 1 unspecified atom stereocenters. The number of nitro groups is 1. The summed E-state index contributed by atoms with van der Waals surface area (Å²) >= 11 is 6.28. The lowest BCUT2D eigenvalue weighted by atomic mass is 10.0. The van der Waals surface area contributed by atoms with Gasteiger partial charge in [0.1, 0.15) is 5.82 Å². The molecule has 1 heterocycles. The number of hydrogen-bond acceptors (Lipinski definition) is 6. The molecule has 1 aromatic heterocycles. The SMILES string of the molecule is COC(C)CNc1nccc(-c2cc(F)c(N(C)C)cc2Cl)c1[N+](=O)[O-]. The van der Waals surface area contributed by atoms with Crippen LogP contribution in [0.1, 0.15) is 6.92 Å². The van der Waals surface area contributed by atoms with Crippen LogP contribution >= 0.6 is 11.6 Å². The summed E-state index contributed by atoms with van der Waals surface area (Å²) in [5.74, 6) is -0.451. The average Bonchev–Trinajstić information content (AvgIpc) is 2.60. The highest BCUT2D eigenvalue weighted by molar-refractivity contribution is 6.33. The molecule has 1 atom stereocenters. The van der Waals surface area contributed by atoms with E-state index in [0.717, 1.165) is 0 Å². The van der Waals surface area contributed by atoms with Crippen molar-refractivity contribution in [2.75, 3.05) is 38.0 Å². The first-order valence-electron chi connectivity index (χ1n) is 7.83. The second kappa shape index (κ2) is 8.29. The lowest BCUT2D eigenvalue weighted by Crippen LogP contribution is -2.19. The molecule has 0 spiro atoms.